The fourth-order valence-electron chi connectivity index (χ4n) is 2.35. The first-order valence-corrected chi connectivity index (χ1v) is 6.65. The van der Waals surface area contributed by atoms with E-state index in [9.17, 15) is 5.11 Å². The first-order valence-electron chi connectivity index (χ1n) is 6.65. The van der Waals surface area contributed by atoms with Crippen LogP contribution in [0.1, 0.15) is 38.7 Å². The van der Waals surface area contributed by atoms with Crippen LogP contribution in [0.25, 0.3) is 0 Å². The molecule has 0 aliphatic heterocycles. The predicted molar refractivity (Wildman–Crippen MR) is 71.2 cm³/mol. The Morgan fingerprint density at radius 3 is 2.76 bits per heavy atom. The average molecular weight is 233 g/mol. The van der Waals surface area contributed by atoms with Crippen LogP contribution in [0, 0.1) is 5.41 Å². The molecule has 1 saturated carbocycles. The van der Waals surface area contributed by atoms with E-state index in [0.29, 0.717) is 17.2 Å². The molecule has 0 bridgehead atoms. The van der Waals surface area contributed by atoms with Crippen LogP contribution in [0.15, 0.2) is 24.3 Å². The van der Waals surface area contributed by atoms with Crippen molar-refractivity contribution in [1.29, 1.82) is 0 Å². The summed E-state index contributed by atoms with van der Waals surface area (Å²) in [5.41, 5.74) is 1.70. The molecule has 17 heavy (non-hydrogen) atoms. The van der Waals surface area contributed by atoms with E-state index >= 15 is 0 Å². The molecule has 0 heterocycles. The van der Waals surface area contributed by atoms with Crippen molar-refractivity contribution in [3.63, 3.8) is 0 Å². The van der Waals surface area contributed by atoms with Crippen LogP contribution in [0.4, 0.5) is 0 Å². The summed E-state index contributed by atoms with van der Waals surface area (Å²) < 4.78 is 0. The molecule has 1 fully saturated rings. The van der Waals surface area contributed by atoms with Gasteiger partial charge in [0.1, 0.15) is 5.75 Å². The van der Waals surface area contributed by atoms with E-state index in [1.165, 1.54) is 24.8 Å². The molecule has 2 N–H and O–H groups in total. The Morgan fingerprint density at radius 1 is 1.41 bits per heavy atom. The topological polar surface area (TPSA) is 32.3 Å². The number of aromatic hydroxyl groups is 1. The molecular weight excluding hydrogens is 210 g/mol. The SMILES string of the molecule is CCCNC(Cc1cccc(O)c1)C1(C)CC1. The highest BCUT2D eigenvalue weighted by Gasteiger charge is 2.44. The van der Waals surface area contributed by atoms with E-state index in [1.54, 1.807) is 6.07 Å². The summed E-state index contributed by atoms with van der Waals surface area (Å²) >= 11 is 0. The third kappa shape index (κ3) is 3.22. The van der Waals surface area contributed by atoms with E-state index in [2.05, 4.69) is 25.2 Å². The lowest BCUT2D eigenvalue weighted by atomic mass is 9.92. The molecule has 0 saturated heterocycles. The van der Waals surface area contributed by atoms with Crippen molar-refractivity contribution in [1.82, 2.24) is 5.32 Å². The standard InChI is InChI=1S/C15H23NO/c1-3-9-16-14(15(2)7-8-15)11-12-5-4-6-13(17)10-12/h4-6,10,14,16-17H,3,7-9,11H2,1-2H3. The van der Waals surface area contributed by atoms with Gasteiger partial charge < -0.3 is 10.4 Å². The average Bonchev–Trinajstić information content (AvgIpc) is 3.04. The summed E-state index contributed by atoms with van der Waals surface area (Å²) in [6.45, 7) is 5.65. The van der Waals surface area contributed by atoms with Crippen molar-refractivity contribution in [2.75, 3.05) is 6.54 Å². The molecule has 1 aromatic rings. The summed E-state index contributed by atoms with van der Waals surface area (Å²) in [5.74, 6) is 0.373. The molecule has 0 amide bonds. The fourth-order valence-corrected chi connectivity index (χ4v) is 2.35. The second-order valence-electron chi connectivity index (χ2n) is 5.53. The van der Waals surface area contributed by atoms with Gasteiger partial charge in [0.05, 0.1) is 0 Å². The number of phenolic OH excluding ortho intramolecular Hbond substituents is 1. The molecule has 1 aliphatic carbocycles. The van der Waals surface area contributed by atoms with Gasteiger partial charge in [0.2, 0.25) is 0 Å². The lowest BCUT2D eigenvalue weighted by Crippen LogP contribution is -2.38. The first kappa shape index (κ1) is 12.4. The molecule has 1 aromatic carbocycles. The monoisotopic (exact) mass is 233 g/mol. The number of nitrogens with one attached hydrogen (secondary N) is 1. The van der Waals surface area contributed by atoms with Gasteiger partial charge in [-0.05, 0) is 55.3 Å². The van der Waals surface area contributed by atoms with Gasteiger partial charge in [-0.15, -0.1) is 0 Å². The highest BCUT2D eigenvalue weighted by Crippen LogP contribution is 2.49. The fraction of sp³-hybridized carbons (Fsp3) is 0.600. The molecule has 1 aliphatic rings. The van der Waals surface area contributed by atoms with Crippen molar-refractivity contribution in [3.05, 3.63) is 29.8 Å². The van der Waals surface area contributed by atoms with Gasteiger partial charge in [-0.2, -0.15) is 0 Å². The number of hydrogen-bond donors (Lipinski definition) is 2. The lowest BCUT2D eigenvalue weighted by Gasteiger charge is -2.25. The number of hydrogen-bond acceptors (Lipinski definition) is 2. The summed E-state index contributed by atoms with van der Waals surface area (Å²) in [4.78, 5) is 0. The molecule has 1 unspecified atom stereocenters. The molecule has 0 aromatic heterocycles. The molecule has 2 nitrogen and oxygen atoms in total. The van der Waals surface area contributed by atoms with Crippen molar-refractivity contribution in [2.45, 2.75) is 45.6 Å². The van der Waals surface area contributed by atoms with E-state index in [0.717, 1.165) is 13.0 Å². The van der Waals surface area contributed by atoms with Gasteiger partial charge >= 0.3 is 0 Å². The van der Waals surface area contributed by atoms with Crippen LogP contribution in [-0.2, 0) is 6.42 Å². The molecule has 2 rings (SSSR count). The number of phenols is 1. The second-order valence-corrected chi connectivity index (χ2v) is 5.53. The quantitative estimate of drug-likeness (QED) is 0.791. The van der Waals surface area contributed by atoms with Crippen LogP contribution in [0.5, 0.6) is 5.75 Å². The third-order valence-corrected chi connectivity index (χ3v) is 3.87. The van der Waals surface area contributed by atoms with Crippen molar-refractivity contribution < 1.29 is 5.11 Å². The highest BCUT2D eigenvalue weighted by atomic mass is 16.3. The summed E-state index contributed by atoms with van der Waals surface area (Å²) in [5, 5.41) is 13.2. The van der Waals surface area contributed by atoms with E-state index in [4.69, 9.17) is 0 Å². The van der Waals surface area contributed by atoms with Crippen LogP contribution in [0.2, 0.25) is 0 Å². The van der Waals surface area contributed by atoms with Gasteiger partial charge in [-0.3, -0.25) is 0 Å². The maximum absolute atomic E-state index is 9.50. The van der Waals surface area contributed by atoms with Crippen LogP contribution < -0.4 is 5.32 Å². The van der Waals surface area contributed by atoms with E-state index in [1.807, 2.05) is 12.1 Å². The van der Waals surface area contributed by atoms with Crippen LogP contribution >= 0.6 is 0 Å². The number of rotatable bonds is 6. The minimum atomic E-state index is 0.373. The lowest BCUT2D eigenvalue weighted by molar-refractivity contribution is 0.354. The zero-order valence-electron chi connectivity index (χ0n) is 10.9. The Labute approximate surface area is 104 Å². The zero-order valence-corrected chi connectivity index (χ0v) is 10.9. The Hall–Kier alpha value is -1.02. The molecule has 2 heteroatoms. The zero-order chi connectivity index (χ0) is 12.3. The minimum absolute atomic E-state index is 0.373. The van der Waals surface area contributed by atoms with Crippen molar-refractivity contribution >= 4 is 0 Å². The van der Waals surface area contributed by atoms with Crippen LogP contribution in [-0.4, -0.2) is 17.7 Å². The summed E-state index contributed by atoms with van der Waals surface area (Å²) in [7, 11) is 0. The Kier molecular flexibility index (Phi) is 3.72. The van der Waals surface area contributed by atoms with Crippen molar-refractivity contribution in [2.24, 2.45) is 5.41 Å². The van der Waals surface area contributed by atoms with Gasteiger partial charge in [0, 0.05) is 6.04 Å². The number of benzene rings is 1. The predicted octanol–water partition coefficient (Wildman–Crippen LogP) is 3.10. The maximum atomic E-state index is 9.50. The van der Waals surface area contributed by atoms with Gasteiger partial charge in [-0.25, -0.2) is 0 Å². The van der Waals surface area contributed by atoms with Gasteiger partial charge in [0.25, 0.3) is 0 Å². The first-order chi connectivity index (χ1) is 8.14. The Bertz CT molecular complexity index is 371. The normalized spacial score (nSPS) is 18.9. The minimum Gasteiger partial charge on any atom is -0.508 e. The maximum Gasteiger partial charge on any atom is 0.115 e. The summed E-state index contributed by atoms with van der Waals surface area (Å²) in [6, 6.07) is 8.19. The van der Waals surface area contributed by atoms with Crippen molar-refractivity contribution in [3.8, 4) is 5.75 Å². The Morgan fingerprint density at radius 2 is 2.18 bits per heavy atom. The van der Waals surface area contributed by atoms with Crippen LogP contribution in [0.3, 0.4) is 0 Å². The second kappa shape index (κ2) is 5.09. The molecule has 94 valence electrons. The molecule has 1 atom stereocenters. The highest BCUT2D eigenvalue weighted by molar-refractivity contribution is 5.28. The molecule has 0 radical (unpaired) electrons. The Balaban J connectivity index is 2.02. The smallest absolute Gasteiger partial charge is 0.115 e. The van der Waals surface area contributed by atoms with E-state index < -0.39 is 0 Å². The summed E-state index contributed by atoms with van der Waals surface area (Å²) in [6.07, 6.45) is 4.85. The van der Waals surface area contributed by atoms with E-state index in [-0.39, 0.29) is 0 Å². The molecular formula is C15H23NO. The van der Waals surface area contributed by atoms with Gasteiger partial charge in [0.15, 0.2) is 0 Å². The largest absolute Gasteiger partial charge is 0.508 e. The molecule has 0 spiro atoms. The van der Waals surface area contributed by atoms with Gasteiger partial charge in [-0.1, -0.05) is 26.0 Å². The third-order valence-electron chi connectivity index (χ3n) is 3.87.